The maximum absolute atomic E-state index is 12.8. The van der Waals surface area contributed by atoms with E-state index in [2.05, 4.69) is 29.4 Å². The van der Waals surface area contributed by atoms with Crippen molar-refractivity contribution in [1.82, 2.24) is 19.7 Å². The van der Waals surface area contributed by atoms with Crippen LogP contribution in [-0.2, 0) is 27.4 Å². The molecule has 0 bridgehead atoms. The largest absolute Gasteiger partial charge is 0.378 e. The molecule has 0 aliphatic carbocycles. The van der Waals surface area contributed by atoms with E-state index in [1.165, 1.54) is 31.5 Å². The lowest BCUT2D eigenvalue weighted by Gasteiger charge is -2.32. The van der Waals surface area contributed by atoms with Gasteiger partial charge in [-0.15, -0.1) is 11.3 Å². The maximum atomic E-state index is 12.8. The molecule has 5 rings (SSSR count). The van der Waals surface area contributed by atoms with Crippen LogP contribution in [0, 0.1) is 6.92 Å². The summed E-state index contributed by atoms with van der Waals surface area (Å²) in [7, 11) is 1.79. The Morgan fingerprint density at radius 2 is 2.03 bits per heavy atom. The number of thiophene rings is 1. The lowest BCUT2D eigenvalue weighted by molar-refractivity contribution is -0.136. The van der Waals surface area contributed by atoms with Crippen LogP contribution in [0.4, 0.5) is 10.6 Å². The van der Waals surface area contributed by atoms with Gasteiger partial charge in [-0.1, -0.05) is 18.2 Å². The zero-order chi connectivity index (χ0) is 25.9. The molecule has 4 amide bonds. The van der Waals surface area contributed by atoms with E-state index in [1.54, 1.807) is 40.5 Å². The molecule has 0 saturated carbocycles. The van der Waals surface area contributed by atoms with Gasteiger partial charge < -0.3 is 19.4 Å². The lowest BCUT2D eigenvalue weighted by atomic mass is 10.1. The van der Waals surface area contributed by atoms with E-state index in [0.29, 0.717) is 38.7 Å². The Hall–Kier alpha value is -3.76. The molecular weight excluding hydrogens is 490 g/mol. The number of urea groups is 1. The van der Waals surface area contributed by atoms with E-state index < -0.39 is 0 Å². The van der Waals surface area contributed by atoms with Crippen molar-refractivity contribution in [3.63, 3.8) is 0 Å². The first kappa shape index (κ1) is 24.9. The molecule has 192 valence electrons. The highest BCUT2D eigenvalue weighted by molar-refractivity contribution is 7.19. The number of fused-ring (bicyclic) bond motifs is 2. The van der Waals surface area contributed by atoms with Crippen LogP contribution in [0.3, 0.4) is 0 Å². The Labute approximate surface area is 219 Å². The van der Waals surface area contributed by atoms with Crippen molar-refractivity contribution >= 4 is 51.2 Å². The number of ether oxygens (including phenoxy) is 1. The number of amides is 4. The van der Waals surface area contributed by atoms with Crippen LogP contribution in [0.5, 0.6) is 0 Å². The standard InChI is InChI=1S/C27H29N5O4S/c1-18-21-5-3-4-6-22(21)37-23(18)16-30(2)24(33)8-7-19-13-20-15-32(27(35)29-26(20)28-14-19)17-25(34)31-9-11-36-12-10-31/h3-8,13-14H,9-12,15-17H2,1-2H3,(H,28,29,35)/b8-7+. The first-order valence-electron chi connectivity index (χ1n) is 12.2. The zero-order valence-corrected chi connectivity index (χ0v) is 21.7. The van der Waals surface area contributed by atoms with E-state index in [-0.39, 0.29) is 30.9 Å². The second-order valence-electron chi connectivity index (χ2n) is 9.23. The molecular formula is C27H29N5O4S. The molecule has 2 aromatic heterocycles. The molecule has 2 aliphatic rings. The van der Waals surface area contributed by atoms with Gasteiger partial charge in [-0.2, -0.15) is 0 Å². The molecule has 1 aromatic carbocycles. The van der Waals surface area contributed by atoms with Crippen LogP contribution in [0.1, 0.15) is 21.6 Å². The van der Waals surface area contributed by atoms with Crippen molar-refractivity contribution in [2.45, 2.75) is 20.0 Å². The predicted molar refractivity (Wildman–Crippen MR) is 143 cm³/mol. The minimum absolute atomic E-state index is 0.00817. The van der Waals surface area contributed by atoms with Gasteiger partial charge in [0.2, 0.25) is 11.8 Å². The van der Waals surface area contributed by atoms with Crippen molar-refractivity contribution < 1.29 is 19.1 Å². The number of likely N-dealkylation sites (N-methyl/N-ethyl adjacent to an activating group) is 1. The highest BCUT2D eigenvalue weighted by Gasteiger charge is 2.27. The van der Waals surface area contributed by atoms with Crippen molar-refractivity contribution in [1.29, 1.82) is 0 Å². The molecule has 0 atom stereocenters. The number of hydrogen-bond acceptors (Lipinski definition) is 6. The minimum Gasteiger partial charge on any atom is -0.378 e. The van der Waals surface area contributed by atoms with Gasteiger partial charge in [-0.05, 0) is 41.6 Å². The van der Waals surface area contributed by atoms with Crippen LogP contribution >= 0.6 is 11.3 Å². The number of rotatable bonds is 6. The Kier molecular flexibility index (Phi) is 7.20. The molecule has 1 saturated heterocycles. The summed E-state index contributed by atoms with van der Waals surface area (Å²) in [6.07, 6.45) is 4.88. The molecule has 1 N–H and O–H groups in total. The normalized spacial score (nSPS) is 15.7. The van der Waals surface area contributed by atoms with Crippen LogP contribution in [-0.4, -0.2) is 77.4 Å². The summed E-state index contributed by atoms with van der Waals surface area (Å²) >= 11 is 1.71. The molecule has 0 unspecified atom stereocenters. The number of benzene rings is 1. The highest BCUT2D eigenvalue weighted by atomic mass is 32.1. The number of nitrogens with one attached hydrogen (secondary N) is 1. The predicted octanol–water partition coefficient (Wildman–Crippen LogP) is 3.48. The van der Waals surface area contributed by atoms with Crippen LogP contribution in [0.15, 0.2) is 42.6 Å². The third-order valence-corrected chi connectivity index (χ3v) is 7.93. The molecule has 2 aliphatic heterocycles. The van der Waals surface area contributed by atoms with E-state index in [0.717, 1.165) is 11.1 Å². The van der Waals surface area contributed by atoms with Gasteiger partial charge >= 0.3 is 6.03 Å². The third-order valence-electron chi connectivity index (χ3n) is 6.67. The average molecular weight is 520 g/mol. The number of morpholine rings is 1. The summed E-state index contributed by atoms with van der Waals surface area (Å²) in [5.41, 5.74) is 2.74. The number of nitrogens with zero attached hydrogens (tertiary/aromatic N) is 4. The summed E-state index contributed by atoms with van der Waals surface area (Å²) in [6.45, 7) is 4.98. The Balaban J connectivity index is 1.22. The summed E-state index contributed by atoms with van der Waals surface area (Å²) in [5.74, 6) is 0.259. The maximum Gasteiger partial charge on any atom is 0.323 e. The quantitative estimate of drug-likeness (QED) is 0.503. The topological polar surface area (TPSA) is 95.1 Å². The van der Waals surface area contributed by atoms with Crippen LogP contribution in [0.25, 0.3) is 16.2 Å². The summed E-state index contributed by atoms with van der Waals surface area (Å²) in [5, 5.41) is 3.98. The molecule has 3 aromatic rings. The van der Waals surface area contributed by atoms with Gasteiger partial charge in [0.05, 0.1) is 26.3 Å². The Morgan fingerprint density at radius 3 is 2.81 bits per heavy atom. The van der Waals surface area contributed by atoms with Crippen LogP contribution < -0.4 is 5.32 Å². The van der Waals surface area contributed by atoms with Gasteiger partial charge in [0.1, 0.15) is 12.4 Å². The number of aromatic nitrogens is 1. The number of aryl methyl sites for hydroxylation is 1. The molecule has 1 fully saturated rings. The minimum atomic E-state index is -0.349. The highest BCUT2D eigenvalue weighted by Crippen LogP contribution is 2.31. The molecule has 0 spiro atoms. The second-order valence-corrected chi connectivity index (χ2v) is 10.4. The van der Waals surface area contributed by atoms with Gasteiger partial charge in [0, 0.05) is 47.6 Å². The lowest BCUT2D eigenvalue weighted by Crippen LogP contribution is -2.49. The van der Waals surface area contributed by atoms with Gasteiger partial charge in [0.15, 0.2) is 0 Å². The number of carbonyl (C=O) groups excluding carboxylic acids is 3. The number of carbonyl (C=O) groups is 3. The molecule has 4 heterocycles. The summed E-state index contributed by atoms with van der Waals surface area (Å²) in [6, 6.07) is 9.80. The van der Waals surface area contributed by atoms with Crippen LogP contribution in [0.2, 0.25) is 0 Å². The Morgan fingerprint density at radius 1 is 1.24 bits per heavy atom. The average Bonchev–Trinajstić information content (AvgIpc) is 3.23. The van der Waals surface area contributed by atoms with Crippen molar-refractivity contribution in [3.8, 4) is 0 Å². The van der Waals surface area contributed by atoms with Gasteiger partial charge in [-0.3, -0.25) is 14.9 Å². The number of pyridine rings is 1. The van der Waals surface area contributed by atoms with E-state index in [9.17, 15) is 14.4 Å². The molecule has 0 radical (unpaired) electrons. The van der Waals surface area contributed by atoms with E-state index in [1.807, 2.05) is 18.2 Å². The fourth-order valence-electron chi connectivity index (χ4n) is 4.48. The van der Waals surface area contributed by atoms with E-state index in [4.69, 9.17) is 4.74 Å². The second kappa shape index (κ2) is 10.7. The SMILES string of the molecule is Cc1c(CN(C)C(=O)/C=C/c2cnc3c(c2)CN(CC(=O)N2CCOCC2)C(=O)N3)sc2ccccc12. The van der Waals surface area contributed by atoms with Gasteiger partial charge in [-0.25, -0.2) is 9.78 Å². The van der Waals surface area contributed by atoms with Crippen molar-refractivity contribution in [3.05, 3.63) is 64.2 Å². The number of anilines is 1. The molecule has 9 nitrogen and oxygen atoms in total. The monoisotopic (exact) mass is 519 g/mol. The smallest absolute Gasteiger partial charge is 0.323 e. The van der Waals surface area contributed by atoms with Crippen molar-refractivity contribution in [2.24, 2.45) is 0 Å². The first-order valence-corrected chi connectivity index (χ1v) is 13.0. The van der Waals surface area contributed by atoms with Crippen molar-refractivity contribution in [2.75, 3.05) is 45.2 Å². The van der Waals surface area contributed by atoms with E-state index >= 15 is 0 Å². The first-order chi connectivity index (χ1) is 17.9. The number of hydrogen-bond donors (Lipinski definition) is 1. The van der Waals surface area contributed by atoms with Gasteiger partial charge in [0.25, 0.3) is 0 Å². The summed E-state index contributed by atoms with van der Waals surface area (Å²) in [4.78, 5) is 48.3. The fourth-order valence-corrected chi connectivity index (χ4v) is 5.74. The fraction of sp³-hybridized carbons (Fsp3) is 0.333. The summed E-state index contributed by atoms with van der Waals surface area (Å²) < 4.78 is 6.52. The Bertz CT molecular complexity index is 1380. The molecule has 37 heavy (non-hydrogen) atoms. The molecule has 10 heteroatoms. The third kappa shape index (κ3) is 5.50. The zero-order valence-electron chi connectivity index (χ0n) is 20.9.